The summed E-state index contributed by atoms with van der Waals surface area (Å²) >= 11 is 0. The second kappa shape index (κ2) is 5.96. The molecule has 126 valence electrons. The molecule has 0 saturated carbocycles. The fraction of sp³-hybridized carbons (Fsp3) is 0.368. The van der Waals surface area contributed by atoms with Crippen molar-refractivity contribution in [3.63, 3.8) is 0 Å². The third kappa shape index (κ3) is 2.79. The number of benzene rings is 1. The largest absolute Gasteiger partial charge is 0.322 e. The van der Waals surface area contributed by atoms with Crippen molar-refractivity contribution in [3.8, 4) is 0 Å². The molecule has 24 heavy (non-hydrogen) atoms. The zero-order chi connectivity index (χ0) is 17.5. The highest BCUT2D eigenvalue weighted by atomic mass is 19.3. The standard InChI is InChI=1S/C19H20F2N2O/c1-11-10-19(2,3)13-7-4-8-14(15(11)13)23-18(24)12-6-5-9-22-16(12)17(20)21/h4-9,11,17H,10H2,1-3H3,(H,23,24). The Hall–Kier alpha value is -2.30. The van der Waals surface area contributed by atoms with Crippen LogP contribution in [0.15, 0.2) is 36.5 Å². The number of hydrogen-bond acceptors (Lipinski definition) is 2. The van der Waals surface area contributed by atoms with Crippen molar-refractivity contribution in [2.75, 3.05) is 5.32 Å². The predicted octanol–water partition coefficient (Wildman–Crippen LogP) is 5.06. The predicted molar refractivity (Wildman–Crippen MR) is 89.6 cm³/mol. The number of nitrogens with one attached hydrogen (secondary N) is 1. The summed E-state index contributed by atoms with van der Waals surface area (Å²) in [5, 5.41) is 2.81. The van der Waals surface area contributed by atoms with Crippen LogP contribution in [0.2, 0.25) is 0 Å². The Labute approximate surface area is 140 Å². The summed E-state index contributed by atoms with van der Waals surface area (Å²) in [4.78, 5) is 16.2. The highest BCUT2D eigenvalue weighted by Gasteiger charge is 2.36. The molecule has 0 fully saturated rings. The Bertz CT molecular complexity index is 787. The molecule has 0 aliphatic heterocycles. The van der Waals surface area contributed by atoms with E-state index in [1.807, 2.05) is 12.1 Å². The van der Waals surface area contributed by atoms with Gasteiger partial charge in [0.05, 0.1) is 5.56 Å². The van der Waals surface area contributed by atoms with E-state index in [2.05, 4.69) is 37.1 Å². The van der Waals surface area contributed by atoms with Crippen LogP contribution in [-0.4, -0.2) is 10.9 Å². The van der Waals surface area contributed by atoms with Gasteiger partial charge in [0, 0.05) is 11.9 Å². The van der Waals surface area contributed by atoms with Crippen molar-refractivity contribution >= 4 is 11.6 Å². The Morgan fingerprint density at radius 1 is 1.29 bits per heavy atom. The summed E-state index contributed by atoms with van der Waals surface area (Å²) in [6.07, 6.45) is -0.528. The highest BCUT2D eigenvalue weighted by Crippen LogP contribution is 2.48. The van der Waals surface area contributed by atoms with Gasteiger partial charge in [-0.1, -0.05) is 32.9 Å². The monoisotopic (exact) mass is 330 g/mol. The van der Waals surface area contributed by atoms with Crippen molar-refractivity contribution < 1.29 is 13.6 Å². The number of hydrogen-bond donors (Lipinski definition) is 1. The number of carbonyl (C=O) groups excluding carboxylic acids is 1. The molecule has 1 aliphatic carbocycles. The van der Waals surface area contributed by atoms with E-state index in [0.717, 1.165) is 12.0 Å². The summed E-state index contributed by atoms with van der Waals surface area (Å²) in [5.74, 6) is -0.251. The van der Waals surface area contributed by atoms with Gasteiger partial charge < -0.3 is 5.32 Å². The fourth-order valence-electron chi connectivity index (χ4n) is 3.75. The van der Waals surface area contributed by atoms with Gasteiger partial charge in [0.25, 0.3) is 12.3 Å². The number of anilines is 1. The molecular formula is C19H20F2N2O. The lowest BCUT2D eigenvalue weighted by Crippen LogP contribution is -2.17. The Morgan fingerprint density at radius 2 is 2.04 bits per heavy atom. The van der Waals surface area contributed by atoms with Crippen LogP contribution in [0.5, 0.6) is 0 Å². The van der Waals surface area contributed by atoms with Crippen molar-refractivity contribution in [3.05, 3.63) is 58.9 Å². The Kier molecular flexibility index (Phi) is 4.11. The first-order valence-corrected chi connectivity index (χ1v) is 7.99. The third-order valence-electron chi connectivity index (χ3n) is 4.68. The van der Waals surface area contributed by atoms with Gasteiger partial charge >= 0.3 is 0 Å². The third-order valence-corrected chi connectivity index (χ3v) is 4.68. The molecule has 5 heteroatoms. The number of nitrogens with zero attached hydrogens (tertiary/aromatic N) is 1. The molecule has 1 N–H and O–H groups in total. The van der Waals surface area contributed by atoms with Gasteiger partial charge in [0.1, 0.15) is 5.69 Å². The van der Waals surface area contributed by atoms with Gasteiger partial charge in [0.2, 0.25) is 0 Å². The molecule has 1 amide bonds. The van der Waals surface area contributed by atoms with Gasteiger partial charge in [-0.05, 0) is 47.1 Å². The Balaban J connectivity index is 1.97. The number of halogens is 2. The molecule has 0 spiro atoms. The highest BCUT2D eigenvalue weighted by molar-refractivity contribution is 6.05. The lowest BCUT2D eigenvalue weighted by atomic mass is 9.86. The summed E-state index contributed by atoms with van der Waals surface area (Å²) in [6.45, 7) is 6.48. The van der Waals surface area contributed by atoms with Gasteiger partial charge in [-0.2, -0.15) is 0 Å². The summed E-state index contributed by atoms with van der Waals surface area (Å²) in [7, 11) is 0. The van der Waals surface area contributed by atoms with Gasteiger partial charge in [0.15, 0.2) is 0 Å². The van der Waals surface area contributed by atoms with Crippen molar-refractivity contribution in [1.82, 2.24) is 4.98 Å². The second-order valence-electron chi connectivity index (χ2n) is 6.95. The molecule has 1 aromatic carbocycles. The van der Waals surface area contributed by atoms with Crippen LogP contribution in [0, 0.1) is 0 Å². The van der Waals surface area contributed by atoms with Crippen LogP contribution in [-0.2, 0) is 5.41 Å². The zero-order valence-electron chi connectivity index (χ0n) is 13.9. The number of fused-ring (bicyclic) bond motifs is 1. The average Bonchev–Trinajstić information content (AvgIpc) is 2.77. The van der Waals surface area contributed by atoms with E-state index in [1.54, 1.807) is 0 Å². The molecule has 1 unspecified atom stereocenters. The van der Waals surface area contributed by atoms with Crippen LogP contribution in [0.25, 0.3) is 0 Å². The maximum Gasteiger partial charge on any atom is 0.281 e. The lowest BCUT2D eigenvalue weighted by molar-refractivity contribution is 0.100. The molecule has 2 aromatic rings. The first-order chi connectivity index (χ1) is 11.3. The van der Waals surface area contributed by atoms with Crippen LogP contribution in [0.1, 0.15) is 66.7 Å². The van der Waals surface area contributed by atoms with E-state index in [9.17, 15) is 13.6 Å². The first kappa shape index (κ1) is 16.6. The lowest BCUT2D eigenvalue weighted by Gasteiger charge is -2.19. The first-order valence-electron chi connectivity index (χ1n) is 7.99. The van der Waals surface area contributed by atoms with Gasteiger partial charge in [-0.3, -0.25) is 9.78 Å². The number of amides is 1. The maximum absolute atomic E-state index is 13.1. The molecule has 0 radical (unpaired) electrons. The maximum atomic E-state index is 13.1. The van der Waals surface area contributed by atoms with Crippen LogP contribution < -0.4 is 5.32 Å². The quantitative estimate of drug-likeness (QED) is 0.855. The summed E-state index contributed by atoms with van der Waals surface area (Å²) < 4.78 is 26.1. The Morgan fingerprint density at radius 3 is 2.75 bits per heavy atom. The van der Waals surface area contributed by atoms with E-state index in [4.69, 9.17) is 0 Å². The number of pyridine rings is 1. The molecule has 3 rings (SSSR count). The molecule has 0 bridgehead atoms. The van der Waals surface area contributed by atoms with Gasteiger partial charge in [-0.25, -0.2) is 8.78 Å². The molecule has 1 atom stereocenters. The molecule has 0 saturated heterocycles. The minimum atomic E-state index is -2.79. The number of alkyl halides is 2. The van der Waals surface area contributed by atoms with E-state index in [0.29, 0.717) is 11.6 Å². The van der Waals surface area contributed by atoms with Crippen LogP contribution >= 0.6 is 0 Å². The number of rotatable bonds is 3. The average molecular weight is 330 g/mol. The molecule has 3 nitrogen and oxygen atoms in total. The second-order valence-corrected chi connectivity index (χ2v) is 6.95. The fourth-order valence-corrected chi connectivity index (χ4v) is 3.75. The molecule has 1 aliphatic rings. The van der Waals surface area contributed by atoms with Crippen molar-refractivity contribution in [2.24, 2.45) is 0 Å². The van der Waals surface area contributed by atoms with Crippen molar-refractivity contribution in [2.45, 2.75) is 45.0 Å². The number of aromatic nitrogens is 1. The summed E-state index contributed by atoms with van der Waals surface area (Å²) in [6, 6.07) is 8.66. The topological polar surface area (TPSA) is 42.0 Å². The van der Waals surface area contributed by atoms with E-state index in [-0.39, 0.29) is 11.0 Å². The van der Waals surface area contributed by atoms with E-state index < -0.39 is 18.0 Å². The molecule has 1 heterocycles. The summed E-state index contributed by atoms with van der Waals surface area (Å²) in [5.41, 5.74) is 2.45. The number of carbonyl (C=O) groups is 1. The minimum absolute atomic E-state index is 0.0396. The van der Waals surface area contributed by atoms with Gasteiger partial charge in [-0.15, -0.1) is 0 Å². The van der Waals surface area contributed by atoms with E-state index >= 15 is 0 Å². The minimum Gasteiger partial charge on any atom is -0.322 e. The van der Waals surface area contributed by atoms with Crippen molar-refractivity contribution in [1.29, 1.82) is 0 Å². The van der Waals surface area contributed by atoms with Crippen LogP contribution in [0.3, 0.4) is 0 Å². The van der Waals surface area contributed by atoms with E-state index in [1.165, 1.54) is 23.9 Å². The SMILES string of the molecule is CC1CC(C)(C)c2cccc(NC(=O)c3cccnc3C(F)F)c21. The zero-order valence-corrected chi connectivity index (χ0v) is 13.9. The van der Waals surface area contributed by atoms with Crippen LogP contribution in [0.4, 0.5) is 14.5 Å². The molecular weight excluding hydrogens is 310 g/mol. The smallest absolute Gasteiger partial charge is 0.281 e. The normalized spacial score (nSPS) is 18.5. The molecule has 1 aromatic heterocycles.